The highest BCUT2D eigenvalue weighted by atomic mass is 16.5. The van der Waals surface area contributed by atoms with Crippen LogP contribution < -0.4 is 4.74 Å². The van der Waals surface area contributed by atoms with E-state index in [-0.39, 0.29) is 0 Å². The normalized spacial score (nSPS) is 10.8. The van der Waals surface area contributed by atoms with E-state index in [1.807, 2.05) is 30.5 Å². The van der Waals surface area contributed by atoms with Crippen LogP contribution in [-0.2, 0) is 6.42 Å². The summed E-state index contributed by atoms with van der Waals surface area (Å²) in [6.07, 6.45) is 4.90. The fourth-order valence-electron chi connectivity index (χ4n) is 4.12. The molecule has 0 aliphatic carbocycles. The number of hydrogen-bond donors (Lipinski definition) is 0. The molecular formula is C29H24N2O. The van der Waals surface area contributed by atoms with Crippen LogP contribution in [0, 0.1) is 0 Å². The van der Waals surface area contributed by atoms with Crippen molar-refractivity contribution in [2.24, 2.45) is 0 Å². The van der Waals surface area contributed by atoms with Crippen LogP contribution in [0.15, 0.2) is 116 Å². The third-order valence-corrected chi connectivity index (χ3v) is 5.68. The van der Waals surface area contributed by atoms with Crippen LogP contribution in [0.25, 0.3) is 28.1 Å². The van der Waals surface area contributed by atoms with E-state index in [1.165, 1.54) is 22.4 Å². The maximum absolute atomic E-state index is 5.38. The molecule has 2 heterocycles. The lowest BCUT2D eigenvalue weighted by molar-refractivity contribution is 0.414. The van der Waals surface area contributed by atoms with E-state index < -0.39 is 0 Å². The molecule has 5 aromatic rings. The lowest BCUT2D eigenvalue weighted by Gasteiger charge is -2.13. The highest BCUT2D eigenvalue weighted by Gasteiger charge is 2.21. The molecule has 0 amide bonds. The number of benzene rings is 3. The Morgan fingerprint density at radius 1 is 0.750 bits per heavy atom. The summed E-state index contributed by atoms with van der Waals surface area (Å²) >= 11 is 0. The monoisotopic (exact) mass is 416 g/mol. The largest absolute Gasteiger partial charge is 0.497 e. The van der Waals surface area contributed by atoms with Crippen molar-refractivity contribution in [3.8, 4) is 33.8 Å². The van der Waals surface area contributed by atoms with Gasteiger partial charge in [-0.25, -0.2) is 0 Å². The van der Waals surface area contributed by atoms with Gasteiger partial charge in [-0.3, -0.25) is 4.98 Å². The molecule has 3 heteroatoms. The summed E-state index contributed by atoms with van der Waals surface area (Å²) in [6.45, 7) is 0. The van der Waals surface area contributed by atoms with Gasteiger partial charge in [-0.15, -0.1) is 0 Å². The van der Waals surface area contributed by atoms with Crippen LogP contribution in [0.5, 0.6) is 5.75 Å². The van der Waals surface area contributed by atoms with Crippen molar-refractivity contribution in [3.63, 3.8) is 0 Å². The Kier molecular flexibility index (Phi) is 5.54. The van der Waals surface area contributed by atoms with Gasteiger partial charge in [0.05, 0.1) is 12.8 Å². The number of aromatic nitrogens is 2. The minimum absolute atomic E-state index is 0.797. The first-order chi connectivity index (χ1) is 15.8. The standard InChI is InChI=1S/C29H24N2O/c1-32-25-17-15-24(16-18-25)31-21-26(23-12-6-3-7-13-23)29(27-14-8-9-19-30-27)28(31)20-22-10-4-2-5-11-22/h2-19,21H,20H2,1H3. The number of nitrogens with zero attached hydrogens (tertiary/aromatic N) is 2. The zero-order valence-electron chi connectivity index (χ0n) is 18.0. The second-order valence-corrected chi connectivity index (χ2v) is 7.68. The molecule has 2 aromatic heterocycles. The lowest BCUT2D eigenvalue weighted by atomic mass is 9.97. The van der Waals surface area contributed by atoms with Crippen molar-refractivity contribution in [1.29, 1.82) is 0 Å². The molecule has 5 rings (SSSR count). The SMILES string of the molecule is COc1ccc(-n2cc(-c3ccccc3)c(-c3ccccn3)c2Cc2ccccc2)cc1. The van der Waals surface area contributed by atoms with Crippen LogP contribution in [0.3, 0.4) is 0 Å². The first-order valence-corrected chi connectivity index (χ1v) is 10.7. The highest BCUT2D eigenvalue weighted by molar-refractivity contribution is 5.85. The van der Waals surface area contributed by atoms with E-state index in [1.54, 1.807) is 7.11 Å². The molecule has 0 saturated carbocycles. The van der Waals surface area contributed by atoms with Gasteiger partial charge >= 0.3 is 0 Å². The van der Waals surface area contributed by atoms with Gasteiger partial charge in [0.1, 0.15) is 5.75 Å². The summed E-state index contributed by atoms with van der Waals surface area (Å²) in [4.78, 5) is 4.74. The topological polar surface area (TPSA) is 27.1 Å². The molecule has 0 aliphatic heterocycles. The van der Waals surface area contributed by atoms with Gasteiger partial charge in [0, 0.05) is 41.3 Å². The van der Waals surface area contributed by atoms with Gasteiger partial charge in [0.25, 0.3) is 0 Å². The fourth-order valence-corrected chi connectivity index (χ4v) is 4.12. The molecule has 0 fully saturated rings. The van der Waals surface area contributed by atoms with E-state index >= 15 is 0 Å². The Bertz CT molecular complexity index is 1290. The molecule has 0 unspecified atom stereocenters. The van der Waals surface area contributed by atoms with Crippen molar-refractivity contribution in [2.75, 3.05) is 7.11 Å². The van der Waals surface area contributed by atoms with E-state index in [0.29, 0.717) is 0 Å². The third-order valence-electron chi connectivity index (χ3n) is 5.68. The smallest absolute Gasteiger partial charge is 0.119 e. The van der Waals surface area contributed by atoms with Crippen molar-refractivity contribution in [3.05, 3.63) is 127 Å². The molecule has 0 saturated heterocycles. The maximum atomic E-state index is 5.38. The number of hydrogen-bond acceptors (Lipinski definition) is 2. The first kappa shape index (κ1) is 19.8. The molecule has 0 atom stereocenters. The third kappa shape index (κ3) is 3.93. The van der Waals surface area contributed by atoms with Crippen molar-refractivity contribution >= 4 is 0 Å². The predicted molar refractivity (Wildman–Crippen MR) is 130 cm³/mol. The molecule has 0 radical (unpaired) electrons. The van der Waals surface area contributed by atoms with E-state index in [2.05, 4.69) is 89.6 Å². The number of pyridine rings is 1. The van der Waals surface area contributed by atoms with E-state index in [9.17, 15) is 0 Å². The summed E-state index contributed by atoms with van der Waals surface area (Å²) in [5, 5.41) is 0. The summed E-state index contributed by atoms with van der Waals surface area (Å²) < 4.78 is 7.67. The minimum atomic E-state index is 0.797. The van der Waals surface area contributed by atoms with Crippen LogP contribution in [0.1, 0.15) is 11.3 Å². The lowest BCUT2D eigenvalue weighted by Crippen LogP contribution is -2.02. The molecule has 0 N–H and O–H groups in total. The molecule has 3 nitrogen and oxygen atoms in total. The fraction of sp³-hybridized carbons (Fsp3) is 0.0690. The summed E-state index contributed by atoms with van der Waals surface area (Å²) in [7, 11) is 1.69. The second-order valence-electron chi connectivity index (χ2n) is 7.68. The second kappa shape index (κ2) is 8.94. The van der Waals surface area contributed by atoms with Crippen LogP contribution in [0.2, 0.25) is 0 Å². The van der Waals surface area contributed by atoms with Crippen LogP contribution >= 0.6 is 0 Å². The van der Waals surface area contributed by atoms with Crippen molar-refractivity contribution in [1.82, 2.24) is 9.55 Å². The minimum Gasteiger partial charge on any atom is -0.497 e. The average Bonchev–Trinajstić information content (AvgIpc) is 3.25. The van der Waals surface area contributed by atoms with Gasteiger partial charge in [-0.05, 0) is 47.5 Å². The van der Waals surface area contributed by atoms with Crippen molar-refractivity contribution in [2.45, 2.75) is 6.42 Å². The molecule has 0 aliphatic rings. The Balaban J connectivity index is 1.77. The van der Waals surface area contributed by atoms with Crippen LogP contribution in [-0.4, -0.2) is 16.7 Å². The van der Waals surface area contributed by atoms with Gasteiger partial charge in [0.15, 0.2) is 0 Å². The quantitative estimate of drug-likeness (QED) is 0.304. The average molecular weight is 417 g/mol. The molecule has 0 spiro atoms. The summed E-state index contributed by atoms with van der Waals surface area (Å²) in [6, 6.07) is 35.4. The molecule has 3 aromatic carbocycles. The zero-order valence-corrected chi connectivity index (χ0v) is 18.0. The van der Waals surface area contributed by atoms with Gasteiger partial charge in [0.2, 0.25) is 0 Å². The summed E-state index contributed by atoms with van der Waals surface area (Å²) in [5.41, 5.74) is 8.05. The number of ether oxygens (including phenoxy) is 1. The van der Waals surface area contributed by atoms with Gasteiger partial charge in [-0.2, -0.15) is 0 Å². The van der Waals surface area contributed by atoms with Crippen molar-refractivity contribution < 1.29 is 4.74 Å². The molecular weight excluding hydrogens is 392 g/mol. The van der Waals surface area contributed by atoms with Gasteiger partial charge < -0.3 is 9.30 Å². The number of rotatable bonds is 6. The van der Waals surface area contributed by atoms with E-state index in [4.69, 9.17) is 9.72 Å². The Labute approximate surface area is 188 Å². The predicted octanol–water partition coefficient (Wildman–Crippen LogP) is 6.81. The van der Waals surface area contributed by atoms with E-state index in [0.717, 1.165) is 29.1 Å². The zero-order chi connectivity index (χ0) is 21.8. The highest BCUT2D eigenvalue weighted by Crippen LogP contribution is 2.38. The number of methoxy groups -OCH3 is 1. The maximum Gasteiger partial charge on any atom is 0.119 e. The summed E-state index contributed by atoms with van der Waals surface area (Å²) in [5.74, 6) is 0.846. The molecule has 32 heavy (non-hydrogen) atoms. The molecule has 156 valence electrons. The Morgan fingerprint density at radius 3 is 2.09 bits per heavy atom. The van der Waals surface area contributed by atoms with Crippen LogP contribution in [0.4, 0.5) is 0 Å². The molecule has 0 bridgehead atoms. The Morgan fingerprint density at radius 2 is 1.44 bits per heavy atom. The first-order valence-electron chi connectivity index (χ1n) is 10.7. The van der Waals surface area contributed by atoms with Gasteiger partial charge in [-0.1, -0.05) is 66.7 Å². The Hall–Kier alpha value is -4.11.